The molecule has 2 aromatic heterocycles. The second-order valence-corrected chi connectivity index (χ2v) is 7.31. The van der Waals surface area contributed by atoms with Crippen LogP contribution in [0.1, 0.15) is 37.9 Å². The van der Waals surface area contributed by atoms with Crippen LogP contribution < -0.4 is 0 Å². The highest BCUT2D eigenvalue weighted by Crippen LogP contribution is 2.21. The molecule has 3 aromatic rings. The predicted octanol–water partition coefficient (Wildman–Crippen LogP) is 3.03. The van der Waals surface area contributed by atoms with Crippen molar-refractivity contribution in [3.05, 3.63) is 53.6 Å². The van der Waals surface area contributed by atoms with Crippen molar-refractivity contribution in [1.29, 1.82) is 0 Å². The van der Waals surface area contributed by atoms with Crippen molar-refractivity contribution in [2.75, 3.05) is 0 Å². The van der Waals surface area contributed by atoms with Crippen LogP contribution in [-0.2, 0) is 17.7 Å². The molecule has 23 heavy (non-hydrogen) atoms. The maximum atomic E-state index is 4.51. The maximum absolute atomic E-state index is 4.51. The predicted molar refractivity (Wildman–Crippen MR) is 90.2 cm³/mol. The van der Waals surface area contributed by atoms with Crippen molar-refractivity contribution in [3.8, 4) is 0 Å². The summed E-state index contributed by atoms with van der Waals surface area (Å²) in [6.07, 6.45) is 2.76. The van der Waals surface area contributed by atoms with Crippen molar-refractivity contribution in [3.63, 3.8) is 0 Å². The minimum absolute atomic E-state index is 0.0259. The summed E-state index contributed by atoms with van der Waals surface area (Å²) in [5.74, 6) is 1.53. The smallest absolute Gasteiger partial charge is 0.210 e. The van der Waals surface area contributed by atoms with Crippen LogP contribution in [0, 0.1) is 0 Å². The number of aromatic amines is 1. The summed E-state index contributed by atoms with van der Waals surface area (Å²) >= 11 is 1.54. The number of thioether (sulfide) groups is 1. The maximum Gasteiger partial charge on any atom is 0.210 e. The van der Waals surface area contributed by atoms with Gasteiger partial charge in [0.25, 0.3) is 0 Å². The van der Waals surface area contributed by atoms with Gasteiger partial charge in [-0.3, -0.25) is 5.10 Å². The summed E-state index contributed by atoms with van der Waals surface area (Å²) in [4.78, 5) is 4.51. The molecule has 0 spiro atoms. The summed E-state index contributed by atoms with van der Waals surface area (Å²) in [6.45, 7) is 6.32. The molecule has 0 unspecified atom stereocenters. The van der Waals surface area contributed by atoms with Gasteiger partial charge in [-0.05, 0) is 5.56 Å². The van der Waals surface area contributed by atoms with Gasteiger partial charge in [0.2, 0.25) is 5.16 Å². The van der Waals surface area contributed by atoms with Crippen LogP contribution in [0.3, 0.4) is 0 Å². The number of nitrogens with one attached hydrogen (secondary N) is 1. The Morgan fingerprint density at radius 3 is 2.65 bits per heavy atom. The van der Waals surface area contributed by atoms with E-state index in [1.54, 1.807) is 0 Å². The van der Waals surface area contributed by atoms with Crippen LogP contribution in [0.25, 0.3) is 0 Å². The Hall–Kier alpha value is -2.15. The van der Waals surface area contributed by atoms with E-state index in [-0.39, 0.29) is 5.41 Å². The van der Waals surface area contributed by atoms with Crippen LogP contribution in [0.2, 0.25) is 0 Å². The van der Waals surface area contributed by atoms with Crippen molar-refractivity contribution in [2.24, 2.45) is 0 Å². The van der Waals surface area contributed by atoms with Crippen LogP contribution in [0.15, 0.2) is 41.7 Å². The minimum Gasteiger partial charge on any atom is -0.262 e. The average molecular weight is 328 g/mol. The van der Waals surface area contributed by atoms with E-state index in [1.807, 2.05) is 29.1 Å². The highest BCUT2D eigenvalue weighted by molar-refractivity contribution is 7.98. The van der Waals surface area contributed by atoms with Crippen molar-refractivity contribution < 1.29 is 0 Å². The molecule has 0 radical (unpaired) electrons. The average Bonchev–Trinajstić information content (AvgIpc) is 3.15. The number of benzene rings is 1. The molecule has 3 rings (SSSR count). The zero-order valence-electron chi connectivity index (χ0n) is 13.5. The van der Waals surface area contributed by atoms with Crippen LogP contribution in [0.5, 0.6) is 0 Å². The first-order chi connectivity index (χ1) is 11.0. The molecule has 120 valence electrons. The number of hydrogen-bond acceptors (Lipinski definition) is 5. The molecule has 0 fully saturated rings. The molecular weight excluding hydrogens is 308 g/mol. The molecule has 1 N–H and O–H groups in total. The van der Waals surface area contributed by atoms with Gasteiger partial charge in [-0.2, -0.15) is 0 Å². The molecule has 0 aliphatic heterocycles. The lowest BCUT2D eigenvalue weighted by Gasteiger charge is -2.12. The number of H-pyrrole nitrogens is 1. The normalized spacial score (nSPS) is 11.8. The van der Waals surface area contributed by atoms with E-state index < -0.39 is 0 Å². The molecule has 0 aliphatic rings. The lowest BCUT2D eigenvalue weighted by Crippen LogP contribution is -2.13. The van der Waals surface area contributed by atoms with Gasteiger partial charge in [0.1, 0.15) is 5.82 Å². The lowest BCUT2D eigenvalue weighted by atomic mass is 9.96. The zero-order chi connectivity index (χ0) is 16.3. The molecule has 0 atom stereocenters. The molecule has 0 saturated heterocycles. The first kappa shape index (κ1) is 15.7. The summed E-state index contributed by atoms with van der Waals surface area (Å²) in [5.41, 5.74) is 2.17. The fourth-order valence-corrected chi connectivity index (χ4v) is 2.70. The monoisotopic (exact) mass is 328 g/mol. The number of nitrogens with zero attached hydrogens (tertiary/aromatic N) is 5. The number of rotatable bonds is 5. The Labute approximate surface area is 139 Å². The van der Waals surface area contributed by atoms with Gasteiger partial charge in [0, 0.05) is 18.0 Å². The highest BCUT2D eigenvalue weighted by atomic mass is 32.2. The second-order valence-electron chi connectivity index (χ2n) is 6.40. The number of aromatic nitrogens is 6. The van der Waals surface area contributed by atoms with Crippen molar-refractivity contribution in [2.45, 2.75) is 43.6 Å². The molecular formula is C16H20N6S. The third-order valence-corrected chi connectivity index (χ3v) is 4.15. The van der Waals surface area contributed by atoms with E-state index in [9.17, 15) is 0 Å². The fraction of sp³-hybridized carbons (Fsp3) is 0.375. The van der Waals surface area contributed by atoms with E-state index in [2.05, 4.69) is 58.4 Å². The highest BCUT2D eigenvalue weighted by Gasteiger charge is 2.18. The first-order valence-electron chi connectivity index (χ1n) is 7.49. The summed E-state index contributed by atoms with van der Waals surface area (Å²) in [6, 6.07) is 10.3. The van der Waals surface area contributed by atoms with Gasteiger partial charge in [-0.1, -0.05) is 68.1 Å². The standard InChI is InChI=1S/C16H20N6S/c1-16(2,3)14-17-15(20-19-14)23-11-22-10-13(18-21-22)9-12-7-5-4-6-8-12/h4-8,10H,9,11H2,1-3H3,(H,17,19,20). The van der Waals surface area contributed by atoms with Gasteiger partial charge in [-0.25, -0.2) is 9.67 Å². The van der Waals surface area contributed by atoms with Crippen LogP contribution in [0.4, 0.5) is 0 Å². The molecule has 7 heteroatoms. The van der Waals surface area contributed by atoms with E-state index in [1.165, 1.54) is 17.3 Å². The van der Waals surface area contributed by atoms with E-state index in [4.69, 9.17) is 0 Å². The molecule has 0 saturated carbocycles. The van der Waals surface area contributed by atoms with Gasteiger partial charge in [0.15, 0.2) is 0 Å². The summed E-state index contributed by atoms with van der Waals surface area (Å²) < 4.78 is 1.82. The first-order valence-corrected chi connectivity index (χ1v) is 8.48. The SMILES string of the molecule is CC(C)(C)c1nc(SCn2cc(Cc3ccccc3)nn2)n[nH]1. The molecule has 0 bridgehead atoms. The third kappa shape index (κ3) is 4.19. The Morgan fingerprint density at radius 2 is 1.96 bits per heavy atom. The van der Waals surface area contributed by atoms with Gasteiger partial charge >= 0.3 is 0 Å². The molecule has 0 aliphatic carbocycles. The Bertz CT molecular complexity index is 756. The number of hydrogen-bond donors (Lipinski definition) is 1. The molecule has 1 aromatic carbocycles. The second kappa shape index (κ2) is 6.54. The third-order valence-electron chi connectivity index (χ3n) is 3.32. The minimum atomic E-state index is -0.0259. The Kier molecular flexibility index (Phi) is 4.47. The largest absolute Gasteiger partial charge is 0.262 e. The summed E-state index contributed by atoms with van der Waals surface area (Å²) in [5, 5.41) is 16.3. The quantitative estimate of drug-likeness (QED) is 0.729. The Morgan fingerprint density at radius 1 is 1.17 bits per heavy atom. The van der Waals surface area contributed by atoms with Crippen LogP contribution in [-0.4, -0.2) is 30.2 Å². The Balaban J connectivity index is 1.58. The van der Waals surface area contributed by atoms with E-state index >= 15 is 0 Å². The zero-order valence-corrected chi connectivity index (χ0v) is 14.3. The fourth-order valence-electron chi connectivity index (χ4n) is 2.06. The van der Waals surface area contributed by atoms with Crippen molar-refractivity contribution >= 4 is 11.8 Å². The van der Waals surface area contributed by atoms with Gasteiger partial charge in [-0.15, -0.1) is 10.2 Å². The van der Waals surface area contributed by atoms with E-state index in [0.717, 1.165) is 23.1 Å². The van der Waals surface area contributed by atoms with E-state index in [0.29, 0.717) is 5.88 Å². The molecule has 2 heterocycles. The molecule has 6 nitrogen and oxygen atoms in total. The van der Waals surface area contributed by atoms with Gasteiger partial charge < -0.3 is 0 Å². The summed E-state index contributed by atoms with van der Waals surface area (Å²) in [7, 11) is 0. The van der Waals surface area contributed by atoms with Gasteiger partial charge in [0.05, 0.1) is 11.6 Å². The molecule has 0 amide bonds. The topological polar surface area (TPSA) is 72.3 Å². The van der Waals surface area contributed by atoms with Crippen LogP contribution >= 0.6 is 11.8 Å². The van der Waals surface area contributed by atoms with Crippen molar-refractivity contribution in [1.82, 2.24) is 30.2 Å². The lowest BCUT2D eigenvalue weighted by molar-refractivity contribution is 0.547.